The third-order valence-corrected chi connectivity index (χ3v) is 4.51. The Labute approximate surface area is 135 Å². The van der Waals surface area contributed by atoms with E-state index in [4.69, 9.17) is 9.47 Å². The van der Waals surface area contributed by atoms with Gasteiger partial charge in [-0.15, -0.1) is 0 Å². The van der Waals surface area contributed by atoms with Gasteiger partial charge in [0.05, 0.1) is 19.7 Å². The molecular weight excluding hydrogens is 294 g/mol. The van der Waals surface area contributed by atoms with E-state index >= 15 is 0 Å². The molecular formula is C17H23N3O3. The van der Waals surface area contributed by atoms with E-state index in [0.29, 0.717) is 22.9 Å². The third kappa shape index (κ3) is 3.47. The van der Waals surface area contributed by atoms with E-state index in [1.807, 2.05) is 6.07 Å². The lowest BCUT2D eigenvalue weighted by molar-refractivity contribution is 0.355. The number of aryl methyl sites for hydroxylation is 1. The molecule has 6 nitrogen and oxygen atoms in total. The Morgan fingerprint density at radius 1 is 1.26 bits per heavy atom. The maximum Gasteiger partial charge on any atom is 0.345 e. The highest BCUT2D eigenvalue weighted by atomic mass is 16.5. The number of hydrogen-bond donors (Lipinski definition) is 2. The van der Waals surface area contributed by atoms with Crippen LogP contribution in [0.2, 0.25) is 0 Å². The summed E-state index contributed by atoms with van der Waals surface area (Å²) < 4.78 is 10.7. The van der Waals surface area contributed by atoms with E-state index in [9.17, 15) is 4.79 Å². The predicted molar refractivity (Wildman–Crippen MR) is 89.4 cm³/mol. The normalized spacial score (nSPS) is 18.1. The van der Waals surface area contributed by atoms with E-state index in [-0.39, 0.29) is 5.69 Å². The topological polar surface area (TPSA) is 76.2 Å². The third-order valence-electron chi connectivity index (χ3n) is 4.51. The second-order valence-electron chi connectivity index (χ2n) is 6.00. The first-order chi connectivity index (χ1) is 11.2. The number of nitrogens with one attached hydrogen (secondary N) is 2. The number of fused-ring (bicyclic) bond motifs is 1. The average molecular weight is 317 g/mol. The molecule has 124 valence electrons. The Morgan fingerprint density at radius 3 is 2.74 bits per heavy atom. The minimum absolute atomic E-state index is 0.318. The SMILES string of the molecule is COc1cc2nc(=O)[nH]c(CCC3CCCNC3)c2cc1OC. The van der Waals surface area contributed by atoms with Gasteiger partial charge in [0.1, 0.15) is 0 Å². The summed E-state index contributed by atoms with van der Waals surface area (Å²) in [6.07, 6.45) is 4.35. The van der Waals surface area contributed by atoms with Crippen molar-refractivity contribution in [2.75, 3.05) is 27.3 Å². The lowest BCUT2D eigenvalue weighted by Gasteiger charge is -2.22. The molecule has 0 bridgehead atoms. The van der Waals surface area contributed by atoms with Gasteiger partial charge in [-0.2, -0.15) is 4.98 Å². The van der Waals surface area contributed by atoms with E-state index in [1.165, 1.54) is 12.8 Å². The molecule has 1 aliphatic heterocycles. The monoisotopic (exact) mass is 317 g/mol. The summed E-state index contributed by atoms with van der Waals surface area (Å²) in [6, 6.07) is 3.65. The molecule has 0 amide bonds. The predicted octanol–water partition coefficient (Wildman–Crippen LogP) is 1.87. The summed E-state index contributed by atoms with van der Waals surface area (Å²) in [5.41, 5.74) is 1.25. The largest absolute Gasteiger partial charge is 0.493 e. The van der Waals surface area contributed by atoms with Gasteiger partial charge in [-0.1, -0.05) is 0 Å². The molecule has 23 heavy (non-hydrogen) atoms. The Hall–Kier alpha value is -2.08. The van der Waals surface area contributed by atoms with Crippen molar-refractivity contribution in [1.29, 1.82) is 0 Å². The maximum atomic E-state index is 11.9. The molecule has 6 heteroatoms. The lowest BCUT2D eigenvalue weighted by atomic mass is 9.93. The fourth-order valence-corrected chi connectivity index (χ4v) is 3.25. The van der Waals surface area contributed by atoms with Crippen LogP contribution in [0.3, 0.4) is 0 Å². The summed E-state index contributed by atoms with van der Waals surface area (Å²) in [5, 5.41) is 4.35. The van der Waals surface area contributed by atoms with Crippen molar-refractivity contribution < 1.29 is 9.47 Å². The molecule has 1 aliphatic rings. The Kier molecular flexibility index (Phi) is 4.81. The van der Waals surface area contributed by atoms with Crippen molar-refractivity contribution in [1.82, 2.24) is 15.3 Å². The molecule has 2 aromatic rings. The van der Waals surface area contributed by atoms with Gasteiger partial charge in [0.15, 0.2) is 11.5 Å². The van der Waals surface area contributed by atoms with Crippen LogP contribution in [0.15, 0.2) is 16.9 Å². The Balaban J connectivity index is 1.93. The van der Waals surface area contributed by atoms with Crippen molar-refractivity contribution in [3.63, 3.8) is 0 Å². The molecule has 3 rings (SSSR count). The molecule has 1 aromatic heterocycles. The van der Waals surface area contributed by atoms with Gasteiger partial charge in [-0.3, -0.25) is 0 Å². The van der Waals surface area contributed by atoms with Crippen LogP contribution in [0.5, 0.6) is 11.5 Å². The molecule has 1 unspecified atom stereocenters. The number of rotatable bonds is 5. The summed E-state index contributed by atoms with van der Waals surface area (Å²) in [7, 11) is 3.18. The molecule has 0 saturated carbocycles. The van der Waals surface area contributed by atoms with Crippen LogP contribution in [-0.2, 0) is 6.42 Å². The van der Waals surface area contributed by atoms with E-state index in [1.54, 1.807) is 20.3 Å². The minimum Gasteiger partial charge on any atom is -0.493 e. The van der Waals surface area contributed by atoms with Gasteiger partial charge in [0.2, 0.25) is 0 Å². The average Bonchev–Trinajstić information content (AvgIpc) is 2.59. The second kappa shape index (κ2) is 7.00. The Bertz CT molecular complexity index is 736. The second-order valence-corrected chi connectivity index (χ2v) is 6.00. The summed E-state index contributed by atoms with van der Waals surface area (Å²) >= 11 is 0. The zero-order valence-corrected chi connectivity index (χ0v) is 13.6. The van der Waals surface area contributed by atoms with Crippen LogP contribution in [0.25, 0.3) is 10.9 Å². The van der Waals surface area contributed by atoms with Crippen molar-refractivity contribution in [3.8, 4) is 11.5 Å². The van der Waals surface area contributed by atoms with E-state index in [0.717, 1.165) is 37.0 Å². The molecule has 1 aromatic carbocycles. The minimum atomic E-state index is -0.318. The van der Waals surface area contributed by atoms with E-state index < -0.39 is 0 Å². The zero-order valence-electron chi connectivity index (χ0n) is 13.6. The highest BCUT2D eigenvalue weighted by Crippen LogP contribution is 2.32. The fraction of sp³-hybridized carbons (Fsp3) is 0.529. The van der Waals surface area contributed by atoms with Crippen LogP contribution in [0, 0.1) is 5.92 Å². The number of aromatic amines is 1. The van der Waals surface area contributed by atoms with Gasteiger partial charge < -0.3 is 19.8 Å². The smallest absolute Gasteiger partial charge is 0.345 e. The maximum absolute atomic E-state index is 11.9. The molecule has 0 aliphatic carbocycles. The van der Waals surface area contributed by atoms with Gasteiger partial charge >= 0.3 is 5.69 Å². The van der Waals surface area contributed by atoms with Gasteiger partial charge in [-0.25, -0.2) is 4.79 Å². The van der Waals surface area contributed by atoms with Crippen LogP contribution >= 0.6 is 0 Å². The Morgan fingerprint density at radius 2 is 2.04 bits per heavy atom. The van der Waals surface area contributed by atoms with Crippen LogP contribution < -0.4 is 20.5 Å². The van der Waals surface area contributed by atoms with Crippen LogP contribution in [-0.4, -0.2) is 37.3 Å². The zero-order chi connectivity index (χ0) is 16.2. The van der Waals surface area contributed by atoms with E-state index in [2.05, 4.69) is 15.3 Å². The number of ether oxygens (including phenoxy) is 2. The fourth-order valence-electron chi connectivity index (χ4n) is 3.25. The molecule has 1 saturated heterocycles. The summed E-state index contributed by atoms with van der Waals surface area (Å²) in [6.45, 7) is 2.17. The number of hydrogen-bond acceptors (Lipinski definition) is 5. The summed E-state index contributed by atoms with van der Waals surface area (Å²) in [4.78, 5) is 18.8. The molecule has 2 N–H and O–H groups in total. The van der Waals surface area contributed by atoms with Crippen molar-refractivity contribution in [2.24, 2.45) is 5.92 Å². The first kappa shape index (κ1) is 15.8. The number of H-pyrrole nitrogens is 1. The highest BCUT2D eigenvalue weighted by Gasteiger charge is 2.15. The van der Waals surface area contributed by atoms with Crippen LogP contribution in [0.4, 0.5) is 0 Å². The first-order valence-electron chi connectivity index (χ1n) is 8.07. The molecule has 2 heterocycles. The van der Waals surface area contributed by atoms with Crippen molar-refractivity contribution >= 4 is 10.9 Å². The van der Waals surface area contributed by atoms with Gasteiger partial charge in [-0.05, 0) is 50.8 Å². The number of piperidine rings is 1. The lowest BCUT2D eigenvalue weighted by Crippen LogP contribution is -2.30. The molecule has 0 radical (unpaired) electrons. The first-order valence-corrected chi connectivity index (χ1v) is 8.07. The van der Waals surface area contributed by atoms with Gasteiger partial charge in [0, 0.05) is 17.1 Å². The van der Waals surface area contributed by atoms with Crippen molar-refractivity contribution in [3.05, 3.63) is 28.3 Å². The number of benzene rings is 1. The molecule has 0 spiro atoms. The van der Waals surface area contributed by atoms with Gasteiger partial charge in [0.25, 0.3) is 0 Å². The standard InChI is InChI=1S/C17H23N3O3/c1-22-15-8-12-13(6-5-11-4-3-7-18-10-11)19-17(21)20-14(12)9-16(15)23-2/h8-9,11,18H,3-7,10H2,1-2H3,(H,19,20,21). The molecule has 1 fully saturated rings. The number of methoxy groups -OCH3 is 2. The number of nitrogens with zero attached hydrogens (tertiary/aromatic N) is 1. The van der Waals surface area contributed by atoms with Crippen molar-refractivity contribution in [2.45, 2.75) is 25.7 Å². The highest BCUT2D eigenvalue weighted by molar-refractivity contribution is 5.84. The number of aromatic nitrogens is 2. The molecule has 1 atom stereocenters. The summed E-state index contributed by atoms with van der Waals surface area (Å²) in [5.74, 6) is 1.89. The quantitative estimate of drug-likeness (QED) is 0.880. The van der Waals surface area contributed by atoms with Crippen LogP contribution in [0.1, 0.15) is 25.0 Å².